The number of rotatable bonds is 4. The number of ether oxygens (including phenoxy) is 1. The minimum atomic E-state index is -3.04. The Bertz CT molecular complexity index is 618. The Morgan fingerprint density at radius 1 is 1.35 bits per heavy atom. The van der Waals surface area contributed by atoms with Gasteiger partial charge in [-0.2, -0.15) is 0 Å². The molecule has 1 aromatic carbocycles. The molecule has 1 saturated heterocycles. The molecule has 1 fully saturated rings. The maximum absolute atomic E-state index is 12.4. The number of carbonyl (C=O) groups excluding carboxylic acids is 1. The van der Waals surface area contributed by atoms with Gasteiger partial charge in [0, 0.05) is 26.2 Å². The summed E-state index contributed by atoms with van der Waals surface area (Å²) in [5.74, 6) is 0.166. The first kappa shape index (κ1) is 17.7. The summed E-state index contributed by atoms with van der Waals surface area (Å²) in [6.07, 6.45) is 0.244. The summed E-state index contributed by atoms with van der Waals surface area (Å²) >= 11 is 0. The van der Waals surface area contributed by atoms with Crippen LogP contribution in [0.5, 0.6) is 0 Å². The normalized spacial score (nSPS) is 22.2. The molecular formula is C16H24N2O4S. The number of nitrogens with zero attached hydrogens (tertiary/aromatic N) is 1. The van der Waals surface area contributed by atoms with E-state index in [0.717, 1.165) is 5.56 Å². The molecule has 1 aliphatic rings. The van der Waals surface area contributed by atoms with E-state index in [4.69, 9.17) is 4.74 Å². The molecule has 1 heterocycles. The topological polar surface area (TPSA) is 75.7 Å². The lowest BCUT2D eigenvalue weighted by Gasteiger charge is -2.27. The van der Waals surface area contributed by atoms with Crippen molar-refractivity contribution in [3.8, 4) is 0 Å². The zero-order valence-electron chi connectivity index (χ0n) is 13.6. The molecule has 2 atom stereocenters. The number of amides is 2. The van der Waals surface area contributed by atoms with Gasteiger partial charge in [0.1, 0.15) is 0 Å². The van der Waals surface area contributed by atoms with Crippen molar-refractivity contribution >= 4 is 15.9 Å². The van der Waals surface area contributed by atoms with E-state index in [1.165, 1.54) is 0 Å². The highest BCUT2D eigenvalue weighted by Crippen LogP contribution is 2.16. The van der Waals surface area contributed by atoms with Crippen molar-refractivity contribution in [3.63, 3.8) is 0 Å². The van der Waals surface area contributed by atoms with Crippen molar-refractivity contribution in [2.24, 2.45) is 0 Å². The van der Waals surface area contributed by atoms with Crippen LogP contribution >= 0.6 is 0 Å². The van der Waals surface area contributed by atoms with Crippen LogP contribution < -0.4 is 5.32 Å². The van der Waals surface area contributed by atoms with Gasteiger partial charge >= 0.3 is 6.03 Å². The number of carbonyl (C=O) groups is 1. The average Bonchev–Trinajstić information content (AvgIpc) is 2.67. The third-order valence-corrected chi connectivity index (χ3v) is 5.84. The predicted molar refractivity (Wildman–Crippen MR) is 89.0 cm³/mol. The summed E-state index contributed by atoms with van der Waals surface area (Å²) in [5, 5.41) is 2.85. The lowest BCUT2D eigenvalue weighted by molar-refractivity contribution is 0.100. The number of sulfone groups is 1. The van der Waals surface area contributed by atoms with E-state index in [-0.39, 0.29) is 36.2 Å². The van der Waals surface area contributed by atoms with E-state index in [2.05, 4.69) is 5.32 Å². The summed E-state index contributed by atoms with van der Waals surface area (Å²) in [5.41, 5.74) is 0.988. The van der Waals surface area contributed by atoms with Crippen LogP contribution in [0.2, 0.25) is 0 Å². The summed E-state index contributed by atoms with van der Waals surface area (Å²) in [6.45, 7) is 2.46. The van der Waals surface area contributed by atoms with Crippen LogP contribution in [-0.4, -0.2) is 57.1 Å². The lowest BCUT2D eigenvalue weighted by Crippen LogP contribution is -2.46. The molecule has 0 aromatic heterocycles. The maximum Gasteiger partial charge on any atom is 0.317 e. The van der Waals surface area contributed by atoms with Crippen molar-refractivity contribution in [1.82, 2.24) is 10.2 Å². The Hall–Kier alpha value is -1.60. The fraction of sp³-hybridized carbons (Fsp3) is 0.562. The first-order valence-electron chi connectivity index (χ1n) is 7.75. The molecule has 0 spiro atoms. The molecule has 0 saturated carbocycles. The Labute approximate surface area is 137 Å². The minimum Gasteiger partial charge on any atom is -0.375 e. The van der Waals surface area contributed by atoms with Crippen molar-refractivity contribution in [3.05, 3.63) is 35.9 Å². The molecule has 1 aliphatic heterocycles. The van der Waals surface area contributed by atoms with Crippen LogP contribution in [0.15, 0.2) is 30.3 Å². The third-order valence-electron chi connectivity index (χ3n) is 4.18. The standard InChI is InChI=1S/C16H24N2O4S/c1-13-8-10-23(20,21)11-9-18(13)16(19)17-12-15(22-2)14-6-4-3-5-7-14/h3-7,13,15H,8-12H2,1-2H3,(H,17,19)/t13-,15+/m0/s1. The summed E-state index contributed by atoms with van der Waals surface area (Å²) in [7, 11) is -1.44. The third kappa shape index (κ3) is 4.94. The molecular weight excluding hydrogens is 316 g/mol. The molecule has 1 aromatic rings. The fourth-order valence-corrected chi connectivity index (χ4v) is 4.03. The van der Waals surface area contributed by atoms with Crippen molar-refractivity contribution in [1.29, 1.82) is 0 Å². The van der Waals surface area contributed by atoms with Gasteiger partial charge in [-0.25, -0.2) is 13.2 Å². The molecule has 2 rings (SSSR count). The van der Waals surface area contributed by atoms with Gasteiger partial charge in [-0.1, -0.05) is 30.3 Å². The molecule has 1 N–H and O–H groups in total. The SMILES string of the molecule is CO[C@H](CNC(=O)N1CCS(=O)(=O)CC[C@@H]1C)c1ccccc1. The van der Waals surface area contributed by atoms with Gasteiger partial charge in [0.15, 0.2) is 9.84 Å². The van der Waals surface area contributed by atoms with Gasteiger partial charge in [0.25, 0.3) is 0 Å². The van der Waals surface area contributed by atoms with Crippen LogP contribution in [0.3, 0.4) is 0 Å². The number of nitrogens with one attached hydrogen (secondary N) is 1. The monoisotopic (exact) mass is 340 g/mol. The molecule has 0 unspecified atom stereocenters. The predicted octanol–water partition coefficient (Wildman–Crippen LogP) is 1.59. The van der Waals surface area contributed by atoms with Crippen molar-refractivity contribution in [2.45, 2.75) is 25.5 Å². The summed E-state index contributed by atoms with van der Waals surface area (Å²) in [4.78, 5) is 14.0. The van der Waals surface area contributed by atoms with Crippen LogP contribution in [0.25, 0.3) is 0 Å². The molecule has 6 nitrogen and oxygen atoms in total. The molecule has 0 aliphatic carbocycles. The Kier molecular flexibility index (Phi) is 6.01. The smallest absolute Gasteiger partial charge is 0.317 e. The molecule has 0 radical (unpaired) electrons. The van der Waals surface area contributed by atoms with E-state index in [0.29, 0.717) is 13.0 Å². The Balaban J connectivity index is 1.95. The van der Waals surface area contributed by atoms with Gasteiger partial charge in [0.2, 0.25) is 0 Å². The molecule has 0 bridgehead atoms. The van der Waals surface area contributed by atoms with Crippen LogP contribution in [0.4, 0.5) is 4.79 Å². The van der Waals surface area contributed by atoms with Gasteiger partial charge in [0.05, 0.1) is 17.6 Å². The average molecular weight is 340 g/mol. The first-order valence-corrected chi connectivity index (χ1v) is 9.57. The number of methoxy groups -OCH3 is 1. The van der Waals surface area contributed by atoms with Gasteiger partial charge in [-0.05, 0) is 18.9 Å². The number of benzene rings is 1. The van der Waals surface area contributed by atoms with Crippen LogP contribution in [-0.2, 0) is 14.6 Å². The van der Waals surface area contributed by atoms with E-state index >= 15 is 0 Å². The van der Waals surface area contributed by atoms with Gasteiger partial charge in [-0.15, -0.1) is 0 Å². The van der Waals surface area contributed by atoms with Crippen LogP contribution in [0, 0.1) is 0 Å². The quantitative estimate of drug-likeness (QED) is 0.903. The molecule has 23 heavy (non-hydrogen) atoms. The van der Waals surface area contributed by atoms with Gasteiger partial charge < -0.3 is 15.0 Å². The minimum absolute atomic E-state index is 0.0250. The Morgan fingerprint density at radius 2 is 2.04 bits per heavy atom. The molecule has 2 amide bonds. The first-order chi connectivity index (χ1) is 10.9. The second-order valence-corrected chi connectivity index (χ2v) is 8.11. The Morgan fingerprint density at radius 3 is 2.70 bits per heavy atom. The second-order valence-electron chi connectivity index (χ2n) is 5.80. The summed E-state index contributed by atoms with van der Waals surface area (Å²) in [6, 6.07) is 9.32. The zero-order chi connectivity index (χ0) is 16.9. The lowest BCUT2D eigenvalue weighted by atomic mass is 10.1. The second kappa shape index (κ2) is 7.79. The number of hydrogen-bond acceptors (Lipinski definition) is 4. The van der Waals surface area contributed by atoms with E-state index in [9.17, 15) is 13.2 Å². The number of hydrogen-bond donors (Lipinski definition) is 1. The highest BCUT2D eigenvalue weighted by atomic mass is 32.2. The highest BCUT2D eigenvalue weighted by molar-refractivity contribution is 7.91. The zero-order valence-corrected chi connectivity index (χ0v) is 14.4. The van der Waals surface area contributed by atoms with Crippen LogP contribution in [0.1, 0.15) is 25.0 Å². The van der Waals surface area contributed by atoms with Gasteiger partial charge in [-0.3, -0.25) is 0 Å². The maximum atomic E-state index is 12.4. The molecule has 7 heteroatoms. The fourth-order valence-electron chi connectivity index (χ4n) is 2.65. The number of urea groups is 1. The van der Waals surface area contributed by atoms with E-state index in [1.807, 2.05) is 37.3 Å². The van der Waals surface area contributed by atoms with Crippen molar-refractivity contribution in [2.75, 3.05) is 31.7 Å². The molecule has 128 valence electrons. The highest BCUT2D eigenvalue weighted by Gasteiger charge is 2.28. The van der Waals surface area contributed by atoms with Crippen molar-refractivity contribution < 1.29 is 17.9 Å². The van der Waals surface area contributed by atoms with E-state index in [1.54, 1.807) is 12.0 Å². The van der Waals surface area contributed by atoms with E-state index < -0.39 is 9.84 Å². The largest absolute Gasteiger partial charge is 0.375 e. The summed E-state index contributed by atoms with van der Waals surface area (Å²) < 4.78 is 28.8.